The van der Waals surface area contributed by atoms with E-state index in [0.717, 1.165) is 54.8 Å². The van der Waals surface area contributed by atoms with Crippen LogP contribution in [0.5, 0.6) is 0 Å². The van der Waals surface area contributed by atoms with Crippen molar-refractivity contribution in [1.29, 1.82) is 0 Å². The number of nitrogens with one attached hydrogen (secondary N) is 1. The lowest BCUT2D eigenvalue weighted by molar-refractivity contribution is -0.151. The van der Waals surface area contributed by atoms with E-state index >= 15 is 0 Å². The van der Waals surface area contributed by atoms with Gasteiger partial charge in [0.25, 0.3) is 0 Å². The summed E-state index contributed by atoms with van der Waals surface area (Å²) in [4.78, 5) is 24.2. The first kappa shape index (κ1) is 30.6. The van der Waals surface area contributed by atoms with Crippen LogP contribution in [-0.4, -0.2) is 36.2 Å². The Kier molecular flexibility index (Phi) is 10.3. The molecule has 0 aliphatic heterocycles. The molecule has 4 aliphatic carbocycles. The van der Waals surface area contributed by atoms with Crippen LogP contribution in [0.25, 0.3) is 0 Å². The second-order valence-corrected chi connectivity index (χ2v) is 14.6. The normalized spacial score (nSPS) is 36.4. The molecule has 8 atom stereocenters. The Morgan fingerprint density at radius 3 is 2.56 bits per heavy atom. The number of fused-ring (bicyclic) bond motifs is 5. The third-order valence-electron chi connectivity index (χ3n) is 11.8. The van der Waals surface area contributed by atoms with Crippen molar-refractivity contribution in [2.24, 2.45) is 46.3 Å². The Morgan fingerprint density at radius 1 is 1.03 bits per heavy atom. The summed E-state index contributed by atoms with van der Waals surface area (Å²) in [6.07, 6.45) is 17.6. The molecule has 4 aliphatic rings. The summed E-state index contributed by atoms with van der Waals surface area (Å²) in [7, 11) is 0. The van der Waals surface area contributed by atoms with E-state index < -0.39 is 0 Å². The van der Waals surface area contributed by atoms with Crippen LogP contribution in [0, 0.1) is 46.3 Å². The van der Waals surface area contributed by atoms with E-state index in [0.29, 0.717) is 18.3 Å². The number of hydrogen-bond acceptors (Lipinski definition) is 4. The van der Waals surface area contributed by atoms with Gasteiger partial charge in [0.1, 0.15) is 6.10 Å². The third kappa shape index (κ3) is 6.76. The number of carbonyl (C=O) groups excluding carboxylic acids is 2. The Morgan fingerprint density at radius 2 is 1.82 bits per heavy atom. The molecule has 0 radical (unpaired) electrons. The van der Waals surface area contributed by atoms with E-state index in [1.54, 1.807) is 5.57 Å². The van der Waals surface area contributed by atoms with Crippen LogP contribution in [-0.2, 0) is 14.3 Å². The highest BCUT2D eigenvalue weighted by molar-refractivity contribution is 5.77. The molecule has 0 saturated heterocycles. The predicted octanol–water partition coefficient (Wildman–Crippen LogP) is 7.22. The van der Waals surface area contributed by atoms with Gasteiger partial charge in [-0.15, -0.1) is 0 Å². The molecule has 4 rings (SSSR count). The van der Waals surface area contributed by atoms with Crippen LogP contribution in [0.15, 0.2) is 11.6 Å². The standard InChI is InChI=1S/C34H57NO4/c1-23(2)8-6-9-24(3)28-14-15-29-27-13-12-25-22-26(39-32(38)11-7-10-31(37)35-20-21-36)16-18-33(25,4)30(27)17-19-34(28,29)5/h12,23-24,26-30,36H,6-11,13-22H2,1-5H3,(H,35,37)/t24-,26+,27?,28-,29?,30?,33+,34-/m1/s1. The first-order chi connectivity index (χ1) is 18.6. The number of aliphatic hydroxyl groups excluding tert-OH is 1. The third-order valence-corrected chi connectivity index (χ3v) is 11.8. The Bertz CT molecular complexity index is 882. The van der Waals surface area contributed by atoms with Gasteiger partial charge in [0.15, 0.2) is 0 Å². The van der Waals surface area contributed by atoms with Crippen molar-refractivity contribution in [2.45, 2.75) is 131 Å². The largest absolute Gasteiger partial charge is 0.462 e. The van der Waals surface area contributed by atoms with Crippen LogP contribution in [0.1, 0.15) is 125 Å². The maximum atomic E-state index is 12.5. The highest BCUT2D eigenvalue weighted by atomic mass is 16.5. The minimum Gasteiger partial charge on any atom is -0.462 e. The second kappa shape index (κ2) is 13.1. The number of allylic oxidation sites excluding steroid dienone is 1. The summed E-state index contributed by atoms with van der Waals surface area (Å²) >= 11 is 0. The summed E-state index contributed by atoms with van der Waals surface area (Å²) < 4.78 is 5.91. The van der Waals surface area contributed by atoms with Crippen molar-refractivity contribution in [2.75, 3.05) is 13.2 Å². The van der Waals surface area contributed by atoms with E-state index in [9.17, 15) is 9.59 Å². The fraction of sp³-hybridized carbons (Fsp3) is 0.882. The lowest BCUT2D eigenvalue weighted by Crippen LogP contribution is -2.51. The summed E-state index contributed by atoms with van der Waals surface area (Å²) in [5, 5.41) is 11.4. The second-order valence-electron chi connectivity index (χ2n) is 14.6. The number of esters is 1. The quantitative estimate of drug-likeness (QED) is 0.201. The molecule has 0 aromatic carbocycles. The summed E-state index contributed by atoms with van der Waals surface area (Å²) in [5.41, 5.74) is 2.33. The maximum absolute atomic E-state index is 12.5. The smallest absolute Gasteiger partial charge is 0.306 e. The van der Waals surface area contributed by atoms with Gasteiger partial charge in [-0.3, -0.25) is 9.59 Å². The molecule has 222 valence electrons. The molecule has 1 amide bonds. The van der Waals surface area contributed by atoms with E-state index in [4.69, 9.17) is 9.84 Å². The van der Waals surface area contributed by atoms with Crippen molar-refractivity contribution >= 4 is 11.9 Å². The minimum absolute atomic E-state index is 0.0204. The molecule has 0 heterocycles. The molecule has 3 fully saturated rings. The average molecular weight is 544 g/mol. The van der Waals surface area contributed by atoms with Gasteiger partial charge in [-0.05, 0) is 97.7 Å². The molecule has 0 bridgehead atoms. The topological polar surface area (TPSA) is 75.6 Å². The molecular formula is C34H57NO4. The van der Waals surface area contributed by atoms with Crippen molar-refractivity contribution in [3.63, 3.8) is 0 Å². The Balaban J connectivity index is 1.31. The van der Waals surface area contributed by atoms with Gasteiger partial charge in [0.2, 0.25) is 5.91 Å². The highest BCUT2D eigenvalue weighted by Gasteiger charge is 2.59. The van der Waals surface area contributed by atoms with Gasteiger partial charge in [-0.25, -0.2) is 0 Å². The highest BCUT2D eigenvalue weighted by Crippen LogP contribution is 2.67. The number of carbonyl (C=O) groups is 2. The monoisotopic (exact) mass is 543 g/mol. The molecule has 0 spiro atoms. The van der Waals surface area contributed by atoms with Gasteiger partial charge in [-0.2, -0.15) is 0 Å². The van der Waals surface area contributed by atoms with Crippen molar-refractivity contribution in [1.82, 2.24) is 5.32 Å². The molecule has 0 aromatic heterocycles. The minimum atomic E-state index is -0.180. The SMILES string of the molecule is CC(C)CCC[C@@H](C)[C@H]1CCC2C3CC=C4C[C@@H](OC(=O)CCCC(=O)NCCO)CC[C@]4(C)C3CC[C@@]21C. The molecule has 5 nitrogen and oxygen atoms in total. The van der Waals surface area contributed by atoms with Crippen LogP contribution in [0.4, 0.5) is 0 Å². The van der Waals surface area contributed by atoms with Crippen LogP contribution < -0.4 is 5.32 Å². The Hall–Kier alpha value is -1.36. The zero-order valence-electron chi connectivity index (χ0n) is 25.6. The summed E-state index contributed by atoms with van der Waals surface area (Å²) in [6, 6.07) is 0. The first-order valence-corrected chi connectivity index (χ1v) is 16.3. The lowest BCUT2D eigenvalue weighted by atomic mass is 9.47. The number of ether oxygens (including phenoxy) is 1. The van der Waals surface area contributed by atoms with Crippen molar-refractivity contribution in [3.8, 4) is 0 Å². The molecule has 39 heavy (non-hydrogen) atoms. The zero-order valence-corrected chi connectivity index (χ0v) is 25.6. The fourth-order valence-corrected chi connectivity index (χ4v) is 9.67. The lowest BCUT2D eigenvalue weighted by Gasteiger charge is -2.58. The maximum Gasteiger partial charge on any atom is 0.306 e. The first-order valence-electron chi connectivity index (χ1n) is 16.3. The molecule has 3 unspecified atom stereocenters. The van der Waals surface area contributed by atoms with Crippen molar-refractivity contribution < 1.29 is 19.4 Å². The summed E-state index contributed by atoms with van der Waals surface area (Å²) in [6.45, 7) is 12.7. The van der Waals surface area contributed by atoms with Gasteiger partial charge in [0.05, 0.1) is 6.61 Å². The van der Waals surface area contributed by atoms with E-state index in [2.05, 4.69) is 46.0 Å². The van der Waals surface area contributed by atoms with Gasteiger partial charge >= 0.3 is 5.97 Å². The van der Waals surface area contributed by atoms with E-state index in [1.165, 1.54) is 51.4 Å². The van der Waals surface area contributed by atoms with Crippen molar-refractivity contribution in [3.05, 3.63) is 11.6 Å². The molecule has 2 N–H and O–H groups in total. The van der Waals surface area contributed by atoms with Gasteiger partial charge in [-0.1, -0.05) is 65.5 Å². The molecular weight excluding hydrogens is 486 g/mol. The van der Waals surface area contributed by atoms with Gasteiger partial charge in [0, 0.05) is 25.8 Å². The Labute approximate surface area is 238 Å². The van der Waals surface area contributed by atoms with Crippen LogP contribution in [0.3, 0.4) is 0 Å². The predicted molar refractivity (Wildman–Crippen MR) is 157 cm³/mol. The van der Waals surface area contributed by atoms with Gasteiger partial charge < -0.3 is 15.2 Å². The molecule has 5 heteroatoms. The number of rotatable bonds is 12. The fourth-order valence-electron chi connectivity index (χ4n) is 9.67. The number of hydrogen-bond donors (Lipinski definition) is 2. The average Bonchev–Trinajstić information content (AvgIpc) is 3.24. The summed E-state index contributed by atoms with van der Waals surface area (Å²) in [5.74, 6) is 4.73. The van der Waals surface area contributed by atoms with E-state index in [1.807, 2.05) is 0 Å². The van der Waals surface area contributed by atoms with Crippen LogP contribution >= 0.6 is 0 Å². The van der Waals surface area contributed by atoms with Crippen LogP contribution in [0.2, 0.25) is 0 Å². The van der Waals surface area contributed by atoms with E-state index in [-0.39, 0.29) is 43.0 Å². The molecule has 3 saturated carbocycles. The molecule has 0 aromatic rings. The number of aliphatic hydroxyl groups is 1. The number of amides is 1. The zero-order chi connectivity index (χ0) is 28.2.